The van der Waals surface area contributed by atoms with Crippen molar-refractivity contribution in [1.82, 2.24) is 0 Å². The van der Waals surface area contributed by atoms with Crippen molar-refractivity contribution >= 4 is 34.2 Å². The lowest BCUT2D eigenvalue weighted by atomic mass is 9.95. The van der Waals surface area contributed by atoms with Gasteiger partial charge in [0.05, 0.1) is 0 Å². The molecule has 0 saturated heterocycles. The molecule has 0 aliphatic carbocycles. The molecule has 3 aromatic rings. The first-order valence-electron chi connectivity index (χ1n) is 9.37. The highest BCUT2D eigenvalue weighted by atomic mass is 16.6. The lowest BCUT2D eigenvalue weighted by Gasteiger charge is -2.19. The molecule has 29 heavy (non-hydrogen) atoms. The average Bonchev–Trinajstić information content (AvgIpc) is 3.06. The van der Waals surface area contributed by atoms with Gasteiger partial charge in [-0.15, -0.1) is 0 Å². The van der Waals surface area contributed by atoms with Crippen LogP contribution in [0.3, 0.4) is 0 Å². The maximum Gasteiger partial charge on any atom is 0.293 e. The van der Waals surface area contributed by atoms with E-state index in [0.717, 1.165) is 0 Å². The second-order valence-corrected chi connectivity index (χ2v) is 7.82. The molecule has 7 nitrogen and oxygen atoms in total. The van der Waals surface area contributed by atoms with Crippen molar-refractivity contribution in [2.75, 3.05) is 23.8 Å². The molecule has 4 rings (SSSR count). The first kappa shape index (κ1) is 18.9. The SMILES string of the molecule is CC(C)(C)C(=O)Nc1c(C(=O)Nc2ccc3c(c2)OCCO3)oc2ccccc12. The van der Waals surface area contributed by atoms with Gasteiger partial charge in [0.15, 0.2) is 11.5 Å². The van der Waals surface area contributed by atoms with Crippen molar-refractivity contribution < 1.29 is 23.5 Å². The quantitative estimate of drug-likeness (QED) is 0.685. The van der Waals surface area contributed by atoms with E-state index in [1.807, 2.05) is 12.1 Å². The second kappa shape index (κ2) is 7.16. The summed E-state index contributed by atoms with van der Waals surface area (Å²) in [5.41, 5.74) is 0.787. The number of furan rings is 1. The van der Waals surface area contributed by atoms with Crippen LogP contribution in [-0.2, 0) is 4.79 Å². The van der Waals surface area contributed by atoms with Crippen LogP contribution in [0.2, 0.25) is 0 Å². The molecule has 0 saturated carbocycles. The van der Waals surface area contributed by atoms with Gasteiger partial charge in [0.1, 0.15) is 24.5 Å². The number of carbonyl (C=O) groups excluding carboxylic acids is 2. The number of anilines is 2. The summed E-state index contributed by atoms with van der Waals surface area (Å²) in [4.78, 5) is 25.5. The summed E-state index contributed by atoms with van der Waals surface area (Å²) in [5.74, 6) is 0.564. The third kappa shape index (κ3) is 3.76. The normalized spacial score (nSPS) is 13.2. The van der Waals surface area contributed by atoms with Crippen molar-refractivity contribution in [1.29, 1.82) is 0 Å². The summed E-state index contributed by atoms with van der Waals surface area (Å²) >= 11 is 0. The van der Waals surface area contributed by atoms with E-state index >= 15 is 0 Å². The molecule has 0 radical (unpaired) electrons. The summed E-state index contributed by atoms with van der Waals surface area (Å²) in [5, 5.41) is 6.32. The number of nitrogens with one attached hydrogen (secondary N) is 2. The molecule has 0 fully saturated rings. The van der Waals surface area contributed by atoms with Crippen LogP contribution in [0, 0.1) is 5.41 Å². The fourth-order valence-corrected chi connectivity index (χ4v) is 2.94. The Hall–Kier alpha value is -3.48. The third-order valence-electron chi connectivity index (χ3n) is 4.52. The first-order valence-corrected chi connectivity index (χ1v) is 9.37. The van der Waals surface area contributed by atoms with Crippen LogP contribution in [0.4, 0.5) is 11.4 Å². The molecule has 0 unspecified atom stereocenters. The minimum atomic E-state index is -0.623. The topological polar surface area (TPSA) is 89.8 Å². The number of hydrogen-bond donors (Lipinski definition) is 2. The molecule has 2 amide bonds. The van der Waals surface area contributed by atoms with E-state index in [2.05, 4.69) is 10.6 Å². The summed E-state index contributed by atoms with van der Waals surface area (Å²) in [6, 6.07) is 12.4. The summed E-state index contributed by atoms with van der Waals surface area (Å²) in [6.45, 7) is 6.37. The van der Waals surface area contributed by atoms with E-state index in [4.69, 9.17) is 13.9 Å². The molecule has 1 aliphatic rings. The van der Waals surface area contributed by atoms with Gasteiger partial charge < -0.3 is 24.5 Å². The van der Waals surface area contributed by atoms with Crippen LogP contribution in [0.25, 0.3) is 11.0 Å². The average molecular weight is 394 g/mol. The van der Waals surface area contributed by atoms with Gasteiger partial charge in [0.25, 0.3) is 5.91 Å². The second-order valence-electron chi connectivity index (χ2n) is 7.82. The Morgan fingerprint density at radius 3 is 2.41 bits per heavy atom. The van der Waals surface area contributed by atoms with Crippen molar-refractivity contribution in [2.24, 2.45) is 5.41 Å². The van der Waals surface area contributed by atoms with E-state index in [-0.39, 0.29) is 11.7 Å². The summed E-state index contributed by atoms with van der Waals surface area (Å²) < 4.78 is 16.8. The van der Waals surface area contributed by atoms with E-state index in [0.29, 0.717) is 47.1 Å². The number of para-hydroxylation sites is 1. The highest BCUT2D eigenvalue weighted by Gasteiger charge is 2.27. The molecule has 0 atom stereocenters. The van der Waals surface area contributed by atoms with E-state index in [1.54, 1.807) is 51.1 Å². The number of benzene rings is 2. The van der Waals surface area contributed by atoms with Gasteiger partial charge in [0.2, 0.25) is 11.7 Å². The van der Waals surface area contributed by atoms with Gasteiger partial charge in [-0.3, -0.25) is 9.59 Å². The molecule has 1 aliphatic heterocycles. The van der Waals surface area contributed by atoms with Gasteiger partial charge in [0, 0.05) is 22.6 Å². The Bertz CT molecular complexity index is 1090. The maximum atomic E-state index is 13.0. The Morgan fingerprint density at radius 2 is 1.66 bits per heavy atom. The number of ether oxygens (including phenoxy) is 2. The Labute approximate surface area is 168 Å². The number of fused-ring (bicyclic) bond motifs is 2. The molecule has 1 aromatic heterocycles. The van der Waals surface area contributed by atoms with Gasteiger partial charge >= 0.3 is 0 Å². The van der Waals surface area contributed by atoms with Crippen molar-refractivity contribution in [2.45, 2.75) is 20.8 Å². The van der Waals surface area contributed by atoms with Gasteiger partial charge in [-0.2, -0.15) is 0 Å². The highest BCUT2D eigenvalue weighted by molar-refractivity contribution is 6.15. The number of rotatable bonds is 3. The Balaban J connectivity index is 1.66. The van der Waals surface area contributed by atoms with Crippen molar-refractivity contribution in [3.8, 4) is 11.5 Å². The van der Waals surface area contributed by atoms with E-state index < -0.39 is 11.3 Å². The van der Waals surface area contributed by atoms with Crippen LogP contribution in [0.15, 0.2) is 46.9 Å². The molecule has 2 N–H and O–H groups in total. The number of carbonyl (C=O) groups is 2. The molecule has 150 valence electrons. The molecular formula is C22H22N2O5. The van der Waals surface area contributed by atoms with Crippen LogP contribution in [-0.4, -0.2) is 25.0 Å². The Kier molecular flexibility index (Phi) is 4.66. The monoisotopic (exact) mass is 394 g/mol. The standard InChI is InChI=1S/C22H22N2O5/c1-22(2,3)21(26)24-18-14-6-4-5-7-15(14)29-19(18)20(25)23-13-8-9-16-17(12-13)28-11-10-27-16/h4-9,12H,10-11H2,1-3H3,(H,23,25)(H,24,26). The van der Waals surface area contributed by atoms with Crippen LogP contribution in [0.5, 0.6) is 11.5 Å². The van der Waals surface area contributed by atoms with Crippen LogP contribution in [0.1, 0.15) is 31.3 Å². The molecular weight excluding hydrogens is 372 g/mol. The van der Waals surface area contributed by atoms with E-state index in [1.165, 1.54) is 0 Å². The van der Waals surface area contributed by atoms with Gasteiger partial charge in [-0.25, -0.2) is 0 Å². The Morgan fingerprint density at radius 1 is 0.931 bits per heavy atom. The molecule has 2 aromatic carbocycles. The minimum Gasteiger partial charge on any atom is -0.486 e. The zero-order valence-corrected chi connectivity index (χ0v) is 16.5. The summed E-state index contributed by atoms with van der Waals surface area (Å²) in [7, 11) is 0. The number of hydrogen-bond acceptors (Lipinski definition) is 5. The predicted octanol–water partition coefficient (Wildman–Crippen LogP) is 4.44. The largest absolute Gasteiger partial charge is 0.486 e. The zero-order chi connectivity index (χ0) is 20.6. The van der Waals surface area contributed by atoms with Crippen molar-refractivity contribution in [3.63, 3.8) is 0 Å². The van der Waals surface area contributed by atoms with Gasteiger partial charge in [-0.1, -0.05) is 32.9 Å². The fraction of sp³-hybridized carbons (Fsp3) is 0.273. The molecule has 7 heteroatoms. The predicted molar refractivity (Wildman–Crippen MR) is 110 cm³/mol. The minimum absolute atomic E-state index is 0.0405. The molecule has 2 heterocycles. The summed E-state index contributed by atoms with van der Waals surface area (Å²) in [6.07, 6.45) is 0. The van der Waals surface area contributed by atoms with Crippen LogP contribution < -0.4 is 20.1 Å². The first-order chi connectivity index (χ1) is 13.8. The smallest absolute Gasteiger partial charge is 0.293 e. The number of amides is 2. The van der Waals surface area contributed by atoms with Crippen molar-refractivity contribution in [3.05, 3.63) is 48.2 Å². The lowest BCUT2D eigenvalue weighted by Crippen LogP contribution is -2.28. The zero-order valence-electron chi connectivity index (χ0n) is 16.5. The third-order valence-corrected chi connectivity index (χ3v) is 4.52. The van der Waals surface area contributed by atoms with Crippen LogP contribution >= 0.6 is 0 Å². The highest BCUT2D eigenvalue weighted by Crippen LogP contribution is 2.35. The molecule has 0 bridgehead atoms. The maximum absolute atomic E-state index is 13.0. The van der Waals surface area contributed by atoms with Gasteiger partial charge in [-0.05, 0) is 24.3 Å². The lowest BCUT2D eigenvalue weighted by molar-refractivity contribution is -0.123. The van der Waals surface area contributed by atoms with E-state index in [9.17, 15) is 9.59 Å². The fourth-order valence-electron chi connectivity index (χ4n) is 2.94. The molecule has 0 spiro atoms.